The van der Waals surface area contributed by atoms with E-state index in [0.717, 1.165) is 31.6 Å². The van der Waals surface area contributed by atoms with E-state index in [4.69, 9.17) is 4.74 Å². The fourth-order valence-corrected chi connectivity index (χ4v) is 13.6. The molecule has 0 aliphatic carbocycles. The molecule has 0 aliphatic heterocycles. The average Bonchev–Trinajstić information content (AvgIpc) is 3.00. The van der Waals surface area contributed by atoms with Crippen LogP contribution in [0.2, 0.25) is 0 Å². The van der Waals surface area contributed by atoms with E-state index in [1.54, 1.807) is 0 Å². The third kappa shape index (κ3) is 5.03. The van der Waals surface area contributed by atoms with Crippen LogP contribution in [-0.2, 0) is 9.53 Å². The topological polar surface area (TPSA) is 26.3 Å². The van der Waals surface area contributed by atoms with Gasteiger partial charge in [0.25, 0.3) is 0 Å². The smallest absolute Gasteiger partial charge is 0.340 e. The van der Waals surface area contributed by atoms with Crippen LogP contribution in [0, 0.1) is 0 Å². The lowest BCUT2D eigenvalue weighted by molar-refractivity contribution is -0.134. The van der Waals surface area contributed by atoms with Crippen molar-refractivity contribution >= 4 is 52.3 Å². The summed E-state index contributed by atoms with van der Waals surface area (Å²) in [4.78, 5) is 14.5. The molecule has 0 heterocycles. The first-order chi connectivity index (χ1) is 18.8. The predicted octanol–water partition coefficient (Wildman–Crippen LogP) is 5.81. The molecular formula is C34H30O2P2. The van der Waals surface area contributed by atoms with Crippen LogP contribution in [0.1, 0.15) is 6.92 Å². The Morgan fingerprint density at radius 3 is 1.18 bits per heavy atom. The zero-order chi connectivity index (χ0) is 26.2. The molecule has 5 rings (SSSR count). The highest BCUT2D eigenvalue weighted by Gasteiger charge is 2.39. The molecule has 0 N–H and O–H groups in total. The maximum atomic E-state index is 14.5. The first-order valence-corrected chi connectivity index (χ1v) is 15.9. The van der Waals surface area contributed by atoms with Crippen molar-refractivity contribution in [1.29, 1.82) is 0 Å². The molecule has 0 fully saturated rings. The Labute approximate surface area is 226 Å². The number of hydrogen-bond donors (Lipinski definition) is 0. The minimum absolute atomic E-state index is 0.226. The zero-order valence-electron chi connectivity index (χ0n) is 21.4. The van der Waals surface area contributed by atoms with E-state index in [1.165, 1.54) is 0 Å². The highest BCUT2D eigenvalue weighted by atomic mass is 31.2. The maximum absolute atomic E-state index is 14.5. The summed E-state index contributed by atoms with van der Waals surface area (Å²) in [5.41, 5.74) is 0. The van der Waals surface area contributed by atoms with Gasteiger partial charge in [-0.2, -0.15) is 0 Å². The standard InChI is InChI=1S/C34H30O2P2/c1-2-36-33(35)34(37(28-18-8-3-9-19-28)29-20-10-4-11-21-29)38(30-22-12-5-13-23-30,31-24-14-6-15-25-31)32-26-16-7-17-27-32/h3-27H,2H2,1H3. The molecule has 0 bridgehead atoms. The number of ether oxygens (including phenoxy) is 1. The normalized spacial score (nSPS) is 11.2. The maximum Gasteiger partial charge on any atom is 0.340 e. The van der Waals surface area contributed by atoms with Crippen LogP contribution in [0.5, 0.6) is 0 Å². The minimum atomic E-state index is -2.67. The quantitative estimate of drug-likeness (QED) is 0.186. The van der Waals surface area contributed by atoms with Crippen LogP contribution in [0.25, 0.3) is 0 Å². The van der Waals surface area contributed by atoms with Gasteiger partial charge in [-0.1, -0.05) is 152 Å². The Morgan fingerprint density at radius 2 is 0.868 bits per heavy atom. The largest absolute Gasteiger partial charge is 0.462 e. The minimum Gasteiger partial charge on any atom is -0.462 e. The monoisotopic (exact) mass is 532 g/mol. The van der Waals surface area contributed by atoms with Gasteiger partial charge in [-0.05, 0) is 48.3 Å². The molecule has 0 unspecified atom stereocenters. The van der Waals surface area contributed by atoms with Crippen molar-refractivity contribution in [3.05, 3.63) is 152 Å². The summed E-state index contributed by atoms with van der Waals surface area (Å²) in [5, 5.41) is 6.52. The molecule has 0 spiro atoms. The number of esters is 1. The van der Waals surface area contributed by atoms with Gasteiger partial charge < -0.3 is 4.74 Å². The summed E-state index contributed by atoms with van der Waals surface area (Å²) in [6.45, 7) is -0.467. The van der Waals surface area contributed by atoms with Gasteiger partial charge in [0.1, 0.15) is 0 Å². The third-order valence-electron chi connectivity index (χ3n) is 6.45. The Morgan fingerprint density at radius 1 is 0.553 bits per heavy atom. The average molecular weight is 533 g/mol. The molecule has 0 amide bonds. The van der Waals surface area contributed by atoms with E-state index >= 15 is 0 Å². The van der Waals surface area contributed by atoms with Crippen molar-refractivity contribution < 1.29 is 9.53 Å². The fraction of sp³-hybridized carbons (Fsp3) is 0.0588. The highest BCUT2D eigenvalue weighted by molar-refractivity contribution is 8.12. The van der Waals surface area contributed by atoms with Crippen LogP contribution in [-0.4, -0.2) is 17.6 Å². The Kier molecular flexibility index (Phi) is 8.34. The number of benzene rings is 5. The molecule has 0 atom stereocenters. The number of hydrogen-bond acceptors (Lipinski definition) is 2. The lowest BCUT2D eigenvalue weighted by atomic mass is 10.4. The summed E-state index contributed by atoms with van der Waals surface area (Å²) in [5.74, 6) is -0.226. The van der Waals surface area contributed by atoms with Gasteiger partial charge in [0.05, 0.1) is 11.6 Å². The van der Waals surface area contributed by atoms with Crippen LogP contribution in [0.3, 0.4) is 0 Å². The van der Waals surface area contributed by atoms with Crippen molar-refractivity contribution in [2.24, 2.45) is 0 Å². The molecule has 188 valence electrons. The summed E-state index contributed by atoms with van der Waals surface area (Å²) >= 11 is 0. The third-order valence-corrected chi connectivity index (χ3v) is 14.2. The van der Waals surface area contributed by atoms with E-state index in [-0.39, 0.29) is 5.97 Å². The van der Waals surface area contributed by atoms with Crippen LogP contribution >= 0.6 is 14.8 Å². The van der Waals surface area contributed by atoms with E-state index in [9.17, 15) is 4.79 Å². The number of rotatable bonds is 8. The summed E-state index contributed by atoms with van der Waals surface area (Å²) in [6, 6.07) is 52.5. The van der Waals surface area contributed by atoms with Crippen LogP contribution in [0.4, 0.5) is 0 Å². The second-order valence-electron chi connectivity index (χ2n) is 8.73. The van der Waals surface area contributed by atoms with Gasteiger partial charge in [-0.3, -0.25) is 0 Å². The molecule has 0 saturated heterocycles. The first-order valence-electron chi connectivity index (χ1n) is 12.8. The molecule has 5 aromatic carbocycles. The van der Waals surface area contributed by atoms with Crippen molar-refractivity contribution in [2.45, 2.75) is 6.92 Å². The second-order valence-corrected chi connectivity index (χ2v) is 14.6. The van der Waals surface area contributed by atoms with Crippen molar-refractivity contribution in [1.82, 2.24) is 0 Å². The van der Waals surface area contributed by atoms with Gasteiger partial charge in [0.2, 0.25) is 0 Å². The summed E-state index contributed by atoms with van der Waals surface area (Å²) < 4.78 is 5.97. The molecular weight excluding hydrogens is 502 g/mol. The first kappa shape index (κ1) is 25.9. The van der Waals surface area contributed by atoms with Crippen LogP contribution in [0.15, 0.2) is 152 Å². The fourth-order valence-electron chi connectivity index (χ4n) is 4.89. The molecule has 0 aliphatic rings. The lowest BCUT2D eigenvalue weighted by Crippen LogP contribution is -2.36. The van der Waals surface area contributed by atoms with Crippen molar-refractivity contribution in [3.8, 4) is 0 Å². The molecule has 4 heteroatoms. The highest BCUT2D eigenvalue weighted by Crippen LogP contribution is 2.55. The summed E-state index contributed by atoms with van der Waals surface area (Å²) in [6.07, 6.45) is 0. The van der Waals surface area contributed by atoms with E-state index in [1.807, 2.05) is 37.3 Å². The van der Waals surface area contributed by atoms with E-state index < -0.39 is 14.8 Å². The Hall–Kier alpha value is -3.70. The van der Waals surface area contributed by atoms with Gasteiger partial charge in [-0.15, -0.1) is 0 Å². The SMILES string of the molecule is CCOC(=O)C(P(c1ccccc1)c1ccccc1)=P(c1ccccc1)(c1ccccc1)c1ccccc1. The molecule has 5 aromatic rings. The lowest BCUT2D eigenvalue weighted by Gasteiger charge is -2.35. The number of carbonyl (C=O) groups is 1. The molecule has 0 aromatic heterocycles. The Balaban J connectivity index is 2.07. The predicted molar refractivity (Wildman–Crippen MR) is 166 cm³/mol. The molecule has 38 heavy (non-hydrogen) atoms. The summed E-state index contributed by atoms with van der Waals surface area (Å²) in [7, 11) is -1.23. The zero-order valence-corrected chi connectivity index (χ0v) is 23.1. The van der Waals surface area contributed by atoms with Crippen molar-refractivity contribution in [2.75, 3.05) is 6.61 Å². The van der Waals surface area contributed by atoms with Gasteiger partial charge in [-0.25, -0.2) is 4.79 Å². The van der Waals surface area contributed by atoms with E-state index in [2.05, 4.69) is 121 Å². The van der Waals surface area contributed by atoms with Gasteiger partial charge >= 0.3 is 5.97 Å². The van der Waals surface area contributed by atoms with Crippen LogP contribution < -0.4 is 26.5 Å². The Bertz CT molecular complexity index is 1380. The molecule has 0 radical (unpaired) electrons. The van der Waals surface area contributed by atoms with Gasteiger partial charge in [0.15, 0.2) is 0 Å². The second kappa shape index (κ2) is 12.2. The molecule has 2 nitrogen and oxygen atoms in total. The van der Waals surface area contributed by atoms with Crippen molar-refractivity contribution in [3.63, 3.8) is 0 Å². The molecule has 0 saturated carbocycles. The van der Waals surface area contributed by atoms with Gasteiger partial charge in [0, 0.05) is 0 Å². The number of carbonyl (C=O) groups excluding carboxylic acids is 1. The van der Waals surface area contributed by atoms with E-state index in [0.29, 0.717) is 6.61 Å².